The molecule has 1 aromatic rings. The van der Waals surface area contributed by atoms with E-state index in [0.717, 1.165) is 12.1 Å². The molecule has 1 aliphatic carbocycles. The molecule has 50 heavy (non-hydrogen) atoms. The van der Waals surface area contributed by atoms with Gasteiger partial charge < -0.3 is 29.4 Å². The molecule has 1 fully saturated rings. The smallest absolute Gasteiger partial charge is 0.481 e. The number of carboxylic acids is 1. The molecule has 0 heterocycles. The first kappa shape index (κ1) is 41.2. The largest absolute Gasteiger partial charge is 0.514 e. The number of nitrogens with zero attached hydrogens (tertiary/aromatic N) is 2. The van der Waals surface area contributed by atoms with Gasteiger partial charge in [-0.3, -0.25) is 30.3 Å². The van der Waals surface area contributed by atoms with E-state index < -0.39 is 81.8 Å². The van der Waals surface area contributed by atoms with Gasteiger partial charge in [-0.2, -0.15) is 0 Å². The number of nitrogens with one attached hydrogen (secondary N) is 3. The molecule has 0 spiro atoms. The molecule has 0 aromatic heterocycles. The topological polar surface area (TPSA) is 234 Å². The van der Waals surface area contributed by atoms with Gasteiger partial charge in [0.15, 0.2) is 0 Å². The number of nitro benzene ring substituents is 1. The maximum absolute atomic E-state index is 13.2. The summed E-state index contributed by atoms with van der Waals surface area (Å²) in [5, 5.41) is 29.3. The van der Waals surface area contributed by atoms with Crippen molar-refractivity contribution in [2.45, 2.75) is 118 Å². The summed E-state index contributed by atoms with van der Waals surface area (Å²) in [6.07, 6.45) is -4.00. The van der Waals surface area contributed by atoms with Crippen molar-refractivity contribution in [1.82, 2.24) is 16.0 Å². The van der Waals surface area contributed by atoms with Crippen molar-refractivity contribution < 1.29 is 52.9 Å². The van der Waals surface area contributed by atoms with E-state index in [0.29, 0.717) is 12.8 Å². The summed E-state index contributed by atoms with van der Waals surface area (Å²) >= 11 is 0. The zero-order valence-electron chi connectivity index (χ0n) is 30.1. The van der Waals surface area contributed by atoms with Gasteiger partial charge in [0.05, 0.1) is 11.0 Å². The lowest BCUT2D eigenvalue weighted by atomic mass is 9.78. The van der Waals surface area contributed by atoms with Crippen LogP contribution in [0, 0.1) is 27.4 Å². The van der Waals surface area contributed by atoms with Gasteiger partial charge in [0, 0.05) is 31.0 Å². The SMILES string of the molecule is CCC(CC)[C@H](NC(C)=O)[C@H]1[C@H](N=C(NC(=O)OC(C)(C)C)NC(=O)OC(C)(C)C)C[C@](C)(C(=O)O)[C@H]1OC(=O)Oc1ccc([N+](=O)[O-])cc1. The third-order valence-electron chi connectivity index (χ3n) is 7.89. The number of ether oxygens (including phenoxy) is 4. The fourth-order valence-electron chi connectivity index (χ4n) is 5.77. The zero-order chi connectivity index (χ0) is 38.2. The molecule has 0 unspecified atom stereocenters. The number of amides is 3. The minimum atomic E-state index is -1.83. The molecule has 278 valence electrons. The molecule has 1 aliphatic rings. The molecule has 0 radical (unpaired) electrons. The van der Waals surface area contributed by atoms with E-state index >= 15 is 0 Å². The highest BCUT2D eigenvalue weighted by Gasteiger charge is 2.61. The summed E-state index contributed by atoms with van der Waals surface area (Å²) in [7, 11) is 0. The monoisotopic (exact) mass is 707 g/mol. The molecule has 5 atom stereocenters. The Morgan fingerprint density at radius 2 is 1.48 bits per heavy atom. The third kappa shape index (κ3) is 11.9. The normalized spacial score (nSPS) is 20.9. The predicted octanol–water partition coefficient (Wildman–Crippen LogP) is 5.30. The van der Waals surface area contributed by atoms with Gasteiger partial charge in [-0.25, -0.2) is 19.4 Å². The standard InChI is InChI=1S/C33H49N5O12/c1-11-19(12-2)24(34-18(3)39)23-22(35-27(36-28(42)49-31(4,5)6)37-29(43)50-32(7,8)9)17-33(10,26(40)41)25(23)48-30(44)47-21-15-13-20(14-16-21)38(45)46/h13-16,19,22-25H,11-12,17H2,1-10H3,(H,34,39)(H,40,41)(H2,35,36,37,42,43)/t22-,23-,24+,25+,33+/m1/s1. The molecule has 2 rings (SSSR count). The number of aliphatic carboxylic acids is 1. The Balaban J connectivity index is 2.73. The van der Waals surface area contributed by atoms with Crippen molar-refractivity contribution in [1.29, 1.82) is 0 Å². The summed E-state index contributed by atoms with van der Waals surface area (Å²) in [4.78, 5) is 79.5. The molecular formula is C33H49N5O12. The van der Waals surface area contributed by atoms with Crippen molar-refractivity contribution >= 4 is 41.9 Å². The van der Waals surface area contributed by atoms with Crippen molar-refractivity contribution in [3.8, 4) is 5.75 Å². The van der Waals surface area contributed by atoms with Crippen LogP contribution in [-0.4, -0.2) is 75.6 Å². The number of rotatable bonds is 10. The van der Waals surface area contributed by atoms with Crippen LogP contribution in [0.5, 0.6) is 5.75 Å². The Morgan fingerprint density at radius 3 is 1.88 bits per heavy atom. The van der Waals surface area contributed by atoms with Crippen LogP contribution in [-0.2, 0) is 23.8 Å². The Bertz CT molecular complexity index is 1410. The second-order valence-corrected chi connectivity index (χ2v) is 14.2. The quantitative estimate of drug-likeness (QED) is 0.0461. The van der Waals surface area contributed by atoms with E-state index in [4.69, 9.17) is 18.9 Å². The number of hydrogen-bond acceptors (Lipinski definition) is 12. The molecule has 4 N–H and O–H groups in total. The first-order chi connectivity index (χ1) is 23.0. The predicted molar refractivity (Wildman–Crippen MR) is 179 cm³/mol. The maximum Gasteiger partial charge on any atom is 0.514 e. The average molecular weight is 708 g/mol. The van der Waals surface area contributed by atoms with Crippen LogP contribution in [0.25, 0.3) is 0 Å². The van der Waals surface area contributed by atoms with Gasteiger partial charge in [0.1, 0.15) is 28.5 Å². The minimum Gasteiger partial charge on any atom is -0.481 e. The second kappa shape index (κ2) is 16.6. The number of carbonyl (C=O) groups is 5. The Kier molecular flexibility index (Phi) is 13.7. The fourth-order valence-corrected chi connectivity index (χ4v) is 5.77. The molecular weight excluding hydrogens is 658 g/mol. The molecule has 17 heteroatoms. The van der Waals surface area contributed by atoms with Gasteiger partial charge >= 0.3 is 24.3 Å². The van der Waals surface area contributed by atoms with E-state index in [2.05, 4.69) is 20.9 Å². The highest BCUT2D eigenvalue weighted by molar-refractivity contribution is 6.01. The van der Waals surface area contributed by atoms with E-state index in [9.17, 15) is 39.2 Å². The summed E-state index contributed by atoms with van der Waals surface area (Å²) in [6.45, 7) is 16.2. The number of carboxylic acid groups (broad SMARTS) is 1. The van der Waals surface area contributed by atoms with Crippen LogP contribution in [0.4, 0.5) is 20.1 Å². The summed E-state index contributed by atoms with van der Waals surface area (Å²) < 4.78 is 21.7. The second-order valence-electron chi connectivity index (χ2n) is 14.2. The number of carbonyl (C=O) groups excluding carboxylic acids is 4. The van der Waals surface area contributed by atoms with Crippen LogP contribution in [0.3, 0.4) is 0 Å². The highest BCUT2D eigenvalue weighted by atomic mass is 16.7. The molecule has 1 aromatic carbocycles. The third-order valence-corrected chi connectivity index (χ3v) is 7.89. The molecule has 0 bridgehead atoms. The average Bonchev–Trinajstić information content (AvgIpc) is 3.22. The highest BCUT2D eigenvalue weighted by Crippen LogP contribution is 2.49. The van der Waals surface area contributed by atoms with Gasteiger partial charge in [-0.05, 0) is 72.9 Å². The molecule has 0 aliphatic heterocycles. The van der Waals surface area contributed by atoms with Crippen LogP contribution in [0.2, 0.25) is 0 Å². The summed E-state index contributed by atoms with van der Waals surface area (Å²) in [5.41, 5.74) is -3.96. The molecule has 0 saturated heterocycles. The molecule has 1 saturated carbocycles. The number of alkyl carbamates (subject to hydrolysis) is 2. The van der Waals surface area contributed by atoms with Gasteiger partial charge in [0.2, 0.25) is 11.9 Å². The Hall–Kier alpha value is -4.96. The van der Waals surface area contributed by atoms with Crippen LogP contribution < -0.4 is 20.7 Å². The van der Waals surface area contributed by atoms with Crippen molar-refractivity contribution in [2.24, 2.45) is 22.2 Å². The number of guanidine groups is 1. The number of hydrogen-bond donors (Lipinski definition) is 4. The molecule has 3 amide bonds. The lowest BCUT2D eigenvalue weighted by Crippen LogP contribution is -2.54. The lowest BCUT2D eigenvalue weighted by molar-refractivity contribution is -0.384. The number of non-ortho nitro benzene ring substituents is 1. The van der Waals surface area contributed by atoms with E-state index in [1.165, 1.54) is 26.0 Å². The minimum absolute atomic E-state index is 0.106. The zero-order valence-corrected chi connectivity index (χ0v) is 30.1. The van der Waals surface area contributed by atoms with Crippen molar-refractivity contribution in [2.75, 3.05) is 0 Å². The lowest BCUT2D eigenvalue weighted by Gasteiger charge is -2.38. The first-order valence-electron chi connectivity index (χ1n) is 16.2. The van der Waals surface area contributed by atoms with Crippen LogP contribution in [0.1, 0.15) is 88.5 Å². The van der Waals surface area contributed by atoms with Crippen LogP contribution in [0.15, 0.2) is 29.3 Å². The molecule has 17 nitrogen and oxygen atoms in total. The van der Waals surface area contributed by atoms with E-state index in [-0.39, 0.29) is 23.8 Å². The summed E-state index contributed by atoms with van der Waals surface area (Å²) in [6, 6.07) is 2.66. The number of benzene rings is 1. The Labute approximate surface area is 291 Å². The van der Waals surface area contributed by atoms with E-state index in [1.807, 2.05) is 13.8 Å². The van der Waals surface area contributed by atoms with Gasteiger partial charge in [-0.15, -0.1) is 0 Å². The summed E-state index contributed by atoms with van der Waals surface area (Å²) in [5.74, 6) is -3.66. The fraction of sp³-hybridized carbons (Fsp3) is 0.636. The van der Waals surface area contributed by atoms with Crippen molar-refractivity contribution in [3.05, 3.63) is 34.4 Å². The van der Waals surface area contributed by atoms with Gasteiger partial charge in [0.25, 0.3) is 5.69 Å². The van der Waals surface area contributed by atoms with Gasteiger partial charge in [-0.1, -0.05) is 26.7 Å². The van der Waals surface area contributed by atoms with E-state index in [1.54, 1.807) is 41.5 Å². The number of nitro groups is 1. The number of aliphatic imine (C=N–C) groups is 1. The first-order valence-corrected chi connectivity index (χ1v) is 16.2. The van der Waals surface area contributed by atoms with Crippen LogP contribution >= 0.6 is 0 Å². The van der Waals surface area contributed by atoms with Crippen molar-refractivity contribution in [3.63, 3.8) is 0 Å². The Morgan fingerprint density at radius 1 is 0.980 bits per heavy atom. The maximum atomic E-state index is 13.2.